The minimum Gasteiger partial charge on any atom is -0.493 e. The highest BCUT2D eigenvalue weighted by atomic mass is 16.5. The predicted molar refractivity (Wildman–Crippen MR) is 135 cm³/mol. The number of benzene rings is 2. The molecule has 8 nitrogen and oxygen atoms in total. The molecule has 0 aliphatic carbocycles. The highest BCUT2D eigenvalue weighted by Gasteiger charge is 2.28. The Balaban J connectivity index is 1.29. The van der Waals surface area contributed by atoms with E-state index < -0.39 is 0 Å². The van der Waals surface area contributed by atoms with E-state index >= 15 is 0 Å². The first kappa shape index (κ1) is 25.3. The molecule has 2 aromatic rings. The van der Waals surface area contributed by atoms with E-state index in [9.17, 15) is 4.79 Å². The van der Waals surface area contributed by atoms with Crippen LogP contribution < -0.4 is 14.2 Å². The predicted octanol–water partition coefficient (Wildman–Crippen LogP) is 2.68. The third kappa shape index (κ3) is 6.25. The zero-order chi connectivity index (χ0) is 24.8. The van der Waals surface area contributed by atoms with Gasteiger partial charge in [0.05, 0.1) is 34.0 Å². The molecule has 4 rings (SSSR count). The van der Waals surface area contributed by atoms with Crippen LogP contribution in [-0.4, -0.2) is 100 Å². The average Bonchev–Trinajstić information content (AvgIpc) is 2.89. The van der Waals surface area contributed by atoms with Crippen molar-refractivity contribution in [3.63, 3.8) is 0 Å². The summed E-state index contributed by atoms with van der Waals surface area (Å²) in [5.41, 5.74) is 3.17. The Kier molecular flexibility index (Phi) is 8.49. The van der Waals surface area contributed by atoms with Gasteiger partial charge in [-0.3, -0.25) is 14.6 Å². The molecule has 35 heavy (non-hydrogen) atoms. The number of piperazine rings is 1. The lowest BCUT2D eigenvalue weighted by Crippen LogP contribution is -2.53. The van der Waals surface area contributed by atoms with E-state index in [2.05, 4.69) is 41.0 Å². The van der Waals surface area contributed by atoms with Gasteiger partial charge in [0, 0.05) is 57.9 Å². The second-order valence-electron chi connectivity index (χ2n) is 9.22. The fourth-order valence-corrected chi connectivity index (χ4v) is 4.79. The van der Waals surface area contributed by atoms with Gasteiger partial charge in [-0.1, -0.05) is 29.8 Å². The second-order valence-corrected chi connectivity index (χ2v) is 9.22. The molecule has 0 aromatic heterocycles. The summed E-state index contributed by atoms with van der Waals surface area (Å²) in [6.45, 7) is 9.61. The number of amides is 1. The second kappa shape index (κ2) is 11.7. The Hall–Kier alpha value is -2.81. The molecular formula is C27H37N3O5. The van der Waals surface area contributed by atoms with Crippen LogP contribution in [0.15, 0.2) is 36.4 Å². The van der Waals surface area contributed by atoms with Crippen LogP contribution >= 0.6 is 0 Å². The summed E-state index contributed by atoms with van der Waals surface area (Å²) < 4.78 is 22.3. The highest BCUT2D eigenvalue weighted by Crippen LogP contribution is 2.38. The van der Waals surface area contributed by atoms with Crippen molar-refractivity contribution in [1.29, 1.82) is 0 Å². The van der Waals surface area contributed by atoms with Gasteiger partial charge in [0.25, 0.3) is 5.91 Å². The Morgan fingerprint density at radius 2 is 1.57 bits per heavy atom. The van der Waals surface area contributed by atoms with Crippen molar-refractivity contribution in [3.8, 4) is 17.2 Å². The Morgan fingerprint density at radius 3 is 2.17 bits per heavy atom. The quantitative estimate of drug-likeness (QED) is 0.572. The molecule has 2 aliphatic rings. The number of morpholine rings is 1. The molecule has 1 atom stereocenters. The number of rotatable bonds is 8. The topological polar surface area (TPSA) is 63.7 Å². The van der Waals surface area contributed by atoms with Gasteiger partial charge in [-0.25, -0.2) is 0 Å². The summed E-state index contributed by atoms with van der Waals surface area (Å²) in [6, 6.07) is 12.2. The summed E-state index contributed by atoms with van der Waals surface area (Å²) in [6.07, 6.45) is 0.187. The van der Waals surface area contributed by atoms with Crippen LogP contribution in [0.3, 0.4) is 0 Å². The molecule has 1 unspecified atom stereocenters. The van der Waals surface area contributed by atoms with Crippen molar-refractivity contribution < 1.29 is 23.7 Å². The smallest absolute Gasteiger partial charge is 0.254 e. The summed E-state index contributed by atoms with van der Waals surface area (Å²) in [5, 5.41) is 0. The molecular weight excluding hydrogens is 446 g/mol. The van der Waals surface area contributed by atoms with Crippen LogP contribution in [0, 0.1) is 6.92 Å². The molecule has 0 radical (unpaired) electrons. The van der Waals surface area contributed by atoms with Crippen molar-refractivity contribution in [2.45, 2.75) is 19.6 Å². The lowest BCUT2D eigenvalue weighted by molar-refractivity contribution is -0.0497. The maximum absolute atomic E-state index is 13.2. The normalized spacial score (nSPS) is 19.4. The molecule has 0 N–H and O–H groups in total. The van der Waals surface area contributed by atoms with Gasteiger partial charge in [0.2, 0.25) is 5.75 Å². The molecule has 1 amide bonds. The largest absolute Gasteiger partial charge is 0.493 e. The van der Waals surface area contributed by atoms with E-state index in [1.165, 1.54) is 11.1 Å². The van der Waals surface area contributed by atoms with E-state index in [1.807, 2.05) is 4.90 Å². The van der Waals surface area contributed by atoms with Crippen molar-refractivity contribution in [1.82, 2.24) is 14.7 Å². The van der Waals surface area contributed by atoms with Crippen molar-refractivity contribution in [2.75, 3.05) is 73.7 Å². The van der Waals surface area contributed by atoms with E-state index in [-0.39, 0.29) is 12.0 Å². The number of hydrogen-bond acceptors (Lipinski definition) is 7. The zero-order valence-electron chi connectivity index (χ0n) is 21.3. The van der Waals surface area contributed by atoms with Gasteiger partial charge in [-0.2, -0.15) is 0 Å². The first-order valence-electron chi connectivity index (χ1n) is 12.2. The summed E-state index contributed by atoms with van der Waals surface area (Å²) >= 11 is 0. The van der Waals surface area contributed by atoms with Crippen molar-refractivity contribution in [2.24, 2.45) is 0 Å². The van der Waals surface area contributed by atoms with Gasteiger partial charge in [-0.05, 0) is 24.6 Å². The van der Waals surface area contributed by atoms with Gasteiger partial charge in [-0.15, -0.1) is 0 Å². The minimum absolute atomic E-state index is 0.0258. The number of aryl methyl sites for hydroxylation is 1. The van der Waals surface area contributed by atoms with Crippen LogP contribution in [0.2, 0.25) is 0 Å². The van der Waals surface area contributed by atoms with Gasteiger partial charge in [0.15, 0.2) is 11.5 Å². The standard InChI is InChI=1S/C27H37N3O5/c1-20-5-7-21(8-6-20)17-29-13-14-35-23(19-29)18-28-9-11-30(12-10-28)27(31)22-15-24(32-2)26(34-4)25(16-22)33-3/h5-8,15-16,23H,9-14,17-19H2,1-4H3. The Bertz CT molecular complexity index is 964. The number of carbonyl (C=O) groups is 1. The van der Waals surface area contributed by atoms with Crippen LogP contribution in [0.4, 0.5) is 0 Å². The number of nitrogens with zero attached hydrogens (tertiary/aromatic N) is 3. The lowest BCUT2D eigenvalue weighted by atomic mass is 10.1. The molecule has 2 aromatic carbocycles. The SMILES string of the molecule is COc1cc(C(=O)N2CCN(CC3CN(Cc4ccc(C)cc4)CCO3)CC2)cc(OC)c1OC. The molecule has 2 fully saturated rings. The molecule has 0 bridgehead atoms. The monoisotopic (exact) mass is 483 g/mol. The van der Waals surface area contributed by atoms with Crippen LogP contribution in [0.25, 0.3) is 0 Å². The highest BCUT2D eigenvalue weighted by molar-refractivity contribution is 5.95. The third-order valence-corrected chi connectivity index (χ3v) is 6.78. The molecule has 0 spiro atoms. The first-order valence-corrected chi connectivity index (χ1v) is 12.2. The van der Waals surface area contributed by atoms with Crippen molar-refractivity contribution in [3.05, 3.63) is 53.1 Å². The Labute approximate surface area is 208 Å². The fraction of sp³-hybridized carbons (Fsp3) is 0.519. The van der Waals surface area contributed by atoms with Crippen LogP contribution in [0.1, 0.15) is 21.5 Å². The first-order chi connectivity index (χ1) is 17.0. The molecule has 2 heterocycles. The van der Waals surface area contributed by atoms with E-state index in [0.717, 1.165) is 45.9 Å². The summed E-state index contributed by atoms with van der Waals surface area (Å²) in [5.74, 6) is 1.43. The van der Waals surface area contributed by atoms with Crippen molar-refractivity contribution >= 4 is 5.91 Å². The number of methoxy groups -OCH3 is 3. The fourth-order valence-electron chi connectivity index (χ4n) is 4.79. The summed E-state index contributed by atoms with van der Waals surface area (Å²) in [7, 11) is 4.66. The molecule has 190 valence electrons. The maximum atomic E-state index is 13.2. The van der Waals surface area contributed by atoms with Gasteiger partial charge >= 0.3 is 0 Å². The number of ether oxygens (including phenoxy) is 4. The van der Waals surface area contributed by atoms with Crippen LogP contribution in [-0.2, 0) is 11.3 Å². The maximum Gasteiger partial charge on any atom is 0.254 e. The summed E-state index contributed by atoms with van der Waals surface area (Å²) in [4.78, 5) is 20.0. The van der Waals surface area contributed by atoms with Gasteiger partial charge < -0.3 is 23.8 Å². The number of carbonyl (C=O) groups excluding carboxylic acids is 1. The minimum atomic E-state index is -0.0258. The number of hydrogen-bond donors (Lipinski definition) is 0. The van der Waals surface area contributed by atoms with E-state index in [4.69, 9.17) is 18.9 Å². The molecule has 0 saturated carbocycles. The van der Waals surface area contributed by atoms with E-state index in [0.29, 0.717) is 35.9 Å². The average molecular weight is 484 g/mol. The zero-order valence-corrected chi connectivity index (χ0v) is 21.3. The lowest BCUT2D eigenvalue weighted by Gasteiger charge is -2.39. The molecule has 8 heteroatoms. The Morgan fingerprint density at radius 1 is 0.914 bits per heavy atom. The third-order valence-electron chi connectivity index (χ3n) is 6.78. The molecule has 2 aliphatic heterocycles. The van der Waals surface area contributed by atoms with E-state index in [1.54, 1.807) is 33.5 Å². The van der Waals surface area contributed by atoms with Gasteiger partial charge in [0.1, 0.15) is 0 Å². The molecule has 2 saturated heterocycles. The van der Waals surface area contributed by atoms with Crippen LogP contribution in [0.5, 0.6) is 17.2 Å².